The van der Waals surface area contributed by atoms with Crippen LogP contribution in [0.15, 0.2) is 40.3 Å². The Balaban J connectivity index is 2.22. The number of rotatable bonds is 8. The van der Waals surface area contributed by atoms with E-state index in [9.17, 15) is 35.8 Å². The van der Waals surface area contributed by atoms with Gasteiger partial charge in [-0.1, -0.05) is 13.0 Å². The lowest BCUT2D eigenvalue weighted by Gasteiger charge is -2.20. The number of carbonyl (C=O) groups is 1. The van der Waals surface area contributed by atoms with Crippen LogP contribution >= 0.6 is 0 Å². The van der Waals surface area contributed by atoms with Gasteiger partial charge >= 0.3 is 11.9 Å². The molecule has 0 aliphatic carbocycles. The van der Waals surface area contributed by atoms with E-state index in [-0.39, 0.29) is 12.3 Å². The number of alkyl halides is 3. The molecule has 206 valence electrons. The number of hydrogen-bond acceptors (Lipinski definition) is 6. The summed E-state index contributed by atoms with van der Waals surface area (Å²) in [5, 5.41) is 5.11. The topological polar surface area (TPSA) is 119 Å². The summed E-state index contributed by atoms with van der Waals surface area (Å²) in [5.74, 6) is -6.34. The molecule has 0 bridgehead atoms. The van der Waals surface area contributed by atoms with Crippen molar-refractivity contribution >= 4 is 21.3 Å². The third kappa shape index (κ3) is 5.54. The number of anilines is 1. The summed E-state index contributed by atoms with van der Waals surface area (Å²) in [5.41, 5.74) is -3.67. The summed E-state index contributed by atoms with van der Waals surface area (Å²) in [4.78, 5) is 25.7. The Labute approximate surface area is 212 Å². The molecule has 0 fully saturated rings. The smallest absolute Gasteiger partial charge is 0.425 e. The molecule has 0 radical (unpaired) electrons. The second-order valence-electron chi connectivity index (χ2n) is 7.84. The molecule has 0 aliphatic rings. The van der Waals surface area contributed by atoms with Gasteiger partial charge < -0.3 is 10.1 Å². The third-order valence-electron chi connectivity index (χ3n) is 5.33. The molecular formula is C22H21F6N5O4S. The van der Waals surface area contributed by atoms with E-state index in [0.29, 0.717) is 23.7 Å². The van der Waals surface area contributed by atoms with Crippen LogP contribution in [0, 0.1) is 22.2 Å². The molecule has 0 saturated heterocycles. The first kappa shape index (κ1) is 28.7. The van der Waals surface area contributed by atoms with Gasteiger partial charge in [0.05, 0.1) is 5.56 Å². The summed E-state index contributed by atoms with van der Waals surface area (Å²) in [6.45, 7) is 3.34. The maximum Gasteiger partial charge on any atom is 0.425 e. The van der Waals surface area contributed by atoms with Crippen LogP contribution in [-0.4, -0.2) is 42.5 Å². The van der Waals surface area contributed by atoms with Gasteiger partial charge in [0.15, 0.2) is 6.10 Å². The molecule has 1 aromatic heterocycles. The molecule has 9 nitrogen and oxygen atoms in total. The third-order valence-corrected chi connectivity index (χ3v) is 7.04. The van der Waals surface area contributed by atoms with Gasteiger partial charge in [0.2, 0.25) is 5.16 Å². The van der Waals surface area contributed by atoms with Crippen LogP contribution in [0.25, 0.3) is 5.69 Å². The lowest BCUT2D eigenvalue weighted by atomic mass is 10.1. The average molecular weight is 565 g/mol. The maximum atomic E-state index is 15.2. The van der Waals surface area contributed by atoms with E-state index in [0.717, 1.165) is 22.8 Å². The van der Waals surface area contributed by atoms with Crippen molar-refractivity contribution in [3.63, 3.8) is 0 Å². The van der Waals surface area contributed by atoms with Gasteiger partial charge in [-0.05, 0) is 32.0 Å². The average Bonchev–Trinajstić information content (AvgIpc) is 3.18. The Hall–Kier alpha value is -3.82. The molecule has 1 amide bonds. The van der Waals surface area contributed by atoms with Gasteiger partial charge in [-0.15, -0.1) is 5.10 Å². The van der Waals surface area contributed by atoms with Crippen LogP contribution in [0.4, 0.5) is 32.0 Å². The van der Waals surface area contributed by atoms with Crippen molar-refractivity contribution in [2.75, 3.05) is 11.1 Å². The monoisotopic (exact) mass is 565 g/mol. The highest BCUT2D eigenvalue weighted by molar-refractivity contribution is 7.92. The molecular weight excluding hydrogens is 544 g/mol. The van der Waals surface area contributed by atoms with Gasteiger partial charge in [-0.25, -0.2) is 27.0 Å². The zero-order valence-electron chi connectivity index (χ0n) is 20.0. The van der Waals surface area contributed by atoms with Crippen molar-refractivity contribution < 1.29 is 40.1 Å². The van der Waals surface area contributed by atoms with E-state index >= 15 is 4.39 Å². The molecule has 0 spiro atoms. The van der Waals surface area contributed by atoms with Crippen molar-refractivity contribution in [3.8, 4) is 11.4 Å². The van der Waals surface area contributed by atoms with Crippen LogP contribution in [0.1, 0.15) is 31.1 Å². The Morgan fingerprint density at radius 1 is 1.16 bits per heavy atom. The maximum absolute atomic E-state index is 15.2. The second-order valence-corrected chi connectivity index (χ2v) is 10.1. The second kappa shape index (κ2) is 10.5. The van der Waals surface area contributed by atoms with E-state index in [1.807, 2.05) is 5.32 Å². The number of hydrogen-bond donors (Lipinski definition) is 2. The largest absolute Gasteiger partial charge is 0.480 e. The quantitative estimate of drug-likeness (QED) is 0.391. The minimum atomic E-state index is -4.94. The number of aromatic nitrogens is 3. The predicted octanol–water partition coefficient (Wildman–Crippen LogP) is 4.48. The van der Waals surface area contributed by atoms with Crippen LogP contribution < -0.4 is 15.7 Å². The zero-order valence-corrected chi connectivity index (χ0v) is 20.8. The van der Waals surface area contributed by atoms with Crippen LogP contribution in [-0.2, 0) is 16.3 Å². The van der Waals surface area contributed by atoms with E-state index in [4.69, 9.17) is 9.52 Å². The molecule has 38 heavy (non-hydrogen) atoms. The van der Waals surface area contributed by atoms with Crippen molar-refractivity contribution in [3.05, 3.63) is 63.8 Å². The number of para-hydroxylation sites is 1. The van der Waals surface area contributed by atoms with E-state index in [1.54, 1.807) is 0 Å². The predicted molar refractivity (Wildman–Crippen MR) is 124 cm³/mol. The van der Waals surface area contributed by atoms with Crippen molar-refractivity contribution in [2.24, 2.45) is 0 Å². The zero-order chi connectivity index (χ0) is 28.6. The van der Waals surface area contributed by atoms with Crippen LogP contribution in [0.3, 0.4) is 0 Å². The fourth-order valence-corrected chi connectivity index (χ4v) is 4.25. The lowest BCUT2D eigenvalue weighted by Crippen LogP contribution is -2.32. The fraction of sp³-hybridized carbons (Fsp3) is 0.318. The van der Waals surface area contributed by atoms with Crippen molar-refractivity contribution in [1.82, 2.24) is 14.3 Å². The highest BCUT2D eigenvalue weighted by Gasteiger charge is 2.39. The molecule has 16 heteroatoms. The molecule has 2 atom stereocenters. The number of benzene rings is 2. The Morgan fingerprint density at radius 3 is 2.29 bits per heavy atom. The molecule has 1 unspecified atom stereocenters. The molecule has 3 rings (SSSR count). The van der Waals surface area contributed by atoms with Crippen LogP contribution in [0.5, 0.6) is 5.75 Å². The van der Waals surface area contributed by atoms with E-state index in [1.165, 1.54) is 13.8 Å². The molecule has 2 N–H and O–H groups in total. The summed E-state index contributed by atoms with van der Waals surface area (Å²) in [6.07, 6.45) is -7.48. The number of halogens is 6. The SMILES string of the molecule is CCn1c(S(=N)(=O)CC)nn(-c2cc(O[C@@H](C)C(F)(F)F)c(C(=O)Nc3c(F)cccc3F)cc2F)c1=O. The van der Waals surface area contributed by atoms with E-state index in [2.05, 4.69) is 5.10 Å². The molecule has 2 aromatic carbocycles. The van der Waals surface area contributed by atoms with Crippen LogP contribution in [0.2, 0.25) is 0 Å². The first-order valence-corrected chi connectivity index (χ1v) is 12.6. The number of nitrogens with one attached hydrogen (secondary N) is 2. The summed E-state index contributed by atoms with van der Waals surface area (Å²) in [6, 6.07) is 3.58. The molecule has 0 saturated carbocycles. The molecule has 0 aliphatic heterocycles. The highest BCUT2D eigenvalue weighted by atomic mass is 32.2. The van der Waals surface area contributed by atoms with Gasteiger partial charge in [0.25, 0.3) is 5.91 Å². The molecule has 3 aromatic rings. The molecule has 1 heterocycles. The van der Waals surface area contributed by atoms with Gasteiger partial charge in [0, 0.05) is 18.4 Å². The van der Waals surface area contributed by atoms with E-state index < -0.39 is 78.9 Å². The van der Waals surface area contributed by atoms with Gasteiger partial charge in [-0.3, -0.25) is 9.36 Å². The fourth-order valence-electron chi connectivity index (χ4n) is 3.21. The first-order valence-electron chi connectivity index (χ1n) is 10.9. The summed E-state index contributed by atoms with van der Waals surface area (Å²) >= 11 is 0. The summed E-state index contributed by atoms with van der Waals surface area (Å²) in [7, 11) is -3.58. The Bertz CT molecular complexity index is 1530. The number of carbonyl (C=O) groups excluding carboxylic acids is 1. The minimum Gasteiger partial charge on any atom is -0.480 e. The van der Waals surface area contributed by atoms with Gasteiger partial charge in [-0.2, -0.15) is 17.9 Å². The highest BCUT2D eigenvalue weighted by Crippen LogP contribution is 2.31. The van der Waals surface area contributed by atoms with Crippen molar-refractivity contribution in [1.29, 1.82) is 4.78 Å². The normalized spacial score (nSPS) is 14.1. The minimum absolute atomic E-state index is 0.116. The van der Waals surface area contributed by atoms with Crippen molar-refractivity contribution in [2.45, 2.75) is 44.8 Å². The Morgan fingerprint density at radius 2 is 1.76 bits per heavy atom. The Kier molecular flexibility index (Phi) is 7.95. The number of amides is 1. The lowest BCUT2D eigenvalue weighted by molar-refractivity contribution is -0.189. The summed E-state index contributed by atoms with van der Waals surface area (Å²) < 4.78 is 110. The number of nitrogens with zero attached hydrogens (tertiary/aromatic N) is 3. The first-order chi connectivity index (χ1) is 17.6. The standard InChI is InChI=1S/C22H21F6N5O4S/c1-4-32-20(38(29,36)5-2)31-33(21(32)35)16-10-17(37-11(3)22(26,27)28)12(9-15(16)25)19(34)30-18-13(23)7-6-8-14(18)24/h6-11,29H,4-5H2,1-3H3,(H,30,34)/t11-,38?/m0/s1. The number of ether oxygens (including phenoxy) is 1. The van der Waals surface area contributed by atoms with Gasteiger partial charge in [0.1, 0.15) is 44.3 Å².